The van der Waals surface area contributed by atoms with Gasteiger partial charge in [-0.15, -0.1) is 0 Å². The average molecular weight is 380 g/mol. The summed E-state index contributed by atoms with van der Waals surface area (Å²) in [6.07, 6.45) is -0.0417. The van der Waals surface area contributed by atoms with E-state index in [1.807, 2.05) is 0 Å². The van der Waals surface area contributed by atoms with Crippen LogP contribution in [-0.2, 0) is 4.79 Å². The number of rotatable bonds is 5. The van der Waals surface area contributed by atoms with Gasteiger partial charge >= 0.3 is 0 Å². The molecule has 130 valence electrons. The molecule has 0 aromatic heterocycles. The Balaban J connectivity index is 1.93. The molecule has 0 heterocycles. The second-order valence-corrected chi connectivity index (χ2v) is 6.00. The summed E-state index contributed by atoms with van der Waals surface area (Å²) in [5.41, 5.74) is 3.20. The zero-order chi connectivity index (χ0) is 18.4. The van der Waals surface area contributed by atoms with Crippen molar-refractivity contribution in [3.63, 3.8) is 0 Å². The van der Waals surface area contributed by atoms with E-state index in [0.29, 0.717) is 21.4 Å². The van der Waals surface area contributed by atoms with Gasteiger partial charge in [-0.2, -0.15) is 5.10 Å². The molecule has 0 saturated heterocycles. The fraction of sp³-hybridized carbons (Fsp3) is 0.118. The maximum atomic E-state index is 12.0. The number of hydrazone groups is 1. The van der Waals surface area contributed by atoms with E-state index in [1.54, 1.807) is 31.2 Å². The SMILES string of the molecule is C/C(CC(=O)Nc1ccc(Cl)cc1Cl)=N\NC(=O)c1ccccc1O. The minimum Gasteiger partial charge on any atom is -0.507 e. The number of carbonyl (C=O) groups is 2. The summed E-state index contributed by atoms with van der Waals surface area (Å²) in [6.45, 7) is 1.59. The van der Waals surface area contributed by atoms with Crippen LogP contribution in [0.2, 0.25) is 10.0 Å². The molecule has 0 aliphatic carbocycles. The lowest BCUT2D eigenvalue weighted by molar-refractivity contribution is -0.115. The standard InChI is InChI=1S/C17H15Cl2N3O3/c1-10(21-22-17(25)12-4-2-3-5-15(12)23)8-16(24)20-14-7-6-11(18)9-13(14)19/h2-7,9,23H,8H2,1H3,(H,20,24)(H,22,25)/b21-10+. The van der Waals surface area contributed by atoms with E-state index in [-0.39, 0.29) is 23.6 Å². The van der Waals surface area contributed by atoms with Gasteiger partial charge in [-0.25, -0.2) is 5.43 Å². The Hall–Kier alpha value is -2.57. The topological polar surface area (TPSA) is 90.8 Å². The van der Waals surface area contributed by atoms with Gasteiger partial charge in [0, 0.05) is 10.7 Å². The number of para-hydroxylation sites is 1. The number of hydrogen-bond acceptors (Lipinski definition) is 4. The predicted molar refractivity (Wildman–Crippen MR) is 98.4 cm³/mol. The van der Waals surface area contributed by atoms with Gasteiger partial charge in [0.05, 0.1) is 22.7 Å². The Labute approximate surface area is 154 Å². The van der Waals surface area contributed by atoms with Crippen molar-refractivity contribution in [3.05, 3.63) is 58.1 Å². The highest BCUT2D eigenvalue weighted by molar-refractivity contribution is 6.36. The van der Waals surface area contributed by atoms with Crippen molar-refractivity contribution < 1.29 is 14.7 Å². The number of aromatic hydroxyl groups is 1. The molecule has 0 saturated carbocycles. The quantitative estimate of drug-likeness (QED) is 0.544. The number of nitrogens with zero attached hydrogens (tertiary/aromatic N) is 1. The van der Waals surface area contributed by atoms with Crippen LogP contribution < -0.4 is 10.7 Å². The predicted octanol–water partition coefficient (Wildman–Crippen LogP) is 3.83. The van der Waals surface area contributed by atoms with Crippen LogP contribution in [0.3, 0.4) is 0 Å². The van der Waals surface area contributed by atoms with Gasteiger partial charge in [-0.3, -0.25) is 9.59 Å². The minimum absolute atomic E-state index is 0.0417. The first-order valence-corrected chi connectivity index (χ1v) is 7.99. The molecule has 0 spiro atoms. The van der Waals surface area contributed by atoms with Crippen LogP contribution in [-0.4, -0.2) is 22.6 Å². The maximum Gasteiger partial charge on any atom is 0.275 e. The molecule has 6 nitrogen and oxygen atoms in total. The zero-order valence-corrected chi connectivity index (χ0v) is 14.7. The number of benzene rings is 2. The number of halogens is 2. The van der Waals surface area contributed by atoms with Crippen molar-refractivity contribution in [1.82, 2.24) is 5.43 Å². The lowest BCUT2D eigenvalue weighted by Gasteiger charge is -2.08. The van der Waals surface area contributed by atoms with Gasteiger partial charge in [0.15, 0.2) is 0 Å². The zero-order valence-electron chi connectivity index (χ0n) is 13.2. The van der Waals surface area contributed by atoms with Crippen molar-refractivity contribution in [2.24, 2.45) is 5.10 Å². The lowest BCUT2D eigenvalue weighted by Crippen LogP contribution is -2.21. The van der Waals surface area contributed by atoms with Crippen LogP contribution in [0, 0.1) is 0 Å². The van der Waals surface area contributed by atoms with E-state index in [1.165, 1.54) is 18.2 Å². The summed E-state index contributed by atoms with van der Waals surface area (Å²) in [6, 6.07) is 10.8. The van der Waals surface area contributed by atoms with Crippen molar-refractivity contribution in [1.29, 1.82) is 0 Å². The van der Waals surface area contributed by atoms with Crippen molar-refractivity contribution in [2.75, 3.05) is 5.32 Å². The summed E-state index contributed by atoms with van der Waals surface area (Å²) in [7, 11) is 0. The number of phenols is 1. The first-order chi connectivity index (χ1) is 11.9. The number of anilines is 1. The van der Waals surface area contributed by atoms with Crippen LogP contribution in [0.25, 0.3) is 0 Å². The lowest BCUT2D eigenvalue weighted by atomic mass is 10.2. The molecule has 0 radical (unpaired) electrons. The molecule has 0 bridgehead atoms. The van der Waals surface area contributed by atoms with Gasteiger partial charge < -0.3 is 10.4 Å². The Bertz CT molecular complexity index is 838. The van der Waals surface area contributed by atoms with Gasteiger partial charge in [0.25, 0.3) is 5.91 Å². The molecule has 0 aliphatic heterocycles. The summed E-state index contributed by atoms with van der Waals surface area (Å²) in [5.74, 6) is -1.07. The van der Waals surface area contributed by atoms with Crippen molar-refractivity contribution in [2.45, 2.75) is 13.3 Å². The first-order valence-electron chi connectivity index (χ1n) is 7.23. The van der Waals surface area contributed by atoms with E-state index in [0.717, 1.165) is 0 Å². The largest absolute Gasteiger partial charge is 0.507 e. The Kier molecular flexibility index (Phi) is 6.38. The highest BCUT2D eigenvalue weighted by Gasteiger charge is 2.11. The molecule has 2 aromatic rings. The molecule has 2 amide bonds. The number of hydrogen-bond donors (Lipinski definition) is 3. The second kappa shape index (κ2) is 8.50. The van der Waals surface area contributed by atoms with Gasteiger partial charge in [0.1, 0.15) is 5.75 Å². The van der Waals surface area contributed by atoms with Crippen molar-refractivity contribution in [3.8, 4) is 5.75 Å². The second-order valence-electron chi connectivity index (χ2n) is 5.15. The van der Waals surface area contributed by atoms with Gasteiger partial charge in [0.2, 0.25) is 5.91 Å². The van der Waals surface area contributed by atoms with E-state index >= 15 is 0 Å². The number of phenolic OH excluding ortho intramolecular Hbond substituents is 1. The molecule has 3 N–H and O–H groups in total. The third-order valence-corrected chi connectivity index (χ3v) is 3.67. The van der Waals surface area contributed by atoms with E-state index < -0.39 is 5.91 Å². The van der Waals surface area contributed by atoms with Crippen molar-refractivity contribution >= 4 is 46.4 Å². The van der Waals surface area contributed by atoms with Gasteiger partial charge in [-0.1, -0.05) is 35.3 Å². The third-order valence-electron chi connectivity index (χ3n) is 3.12. The Morgan fingerprint density at radius 2 is 1.88 bits per heavy atom. The third kappa shape index (κ3) is 5.48. The fourth-order valence-corrected chi connectivity index (χ4v) is 2.38. The highest BCUT2D eigenvalue weighted by Crippen LogP contribution is 2.25. The maximum absolute atomic E-state index is 12.0. The average Bonchev–Trinajstić information content (AvgIpc) is 2.55. The van der Waals surface area contributed by atoms with E-state index in [4.69, 9.17) is 23.2 Å². The summed E-state index contributed by atoms with van der Waals surface area (Å²) in [4.78, 5) is 23.9. The molecule has 0 unspecified atom stereocenters. The fourth-order valence-electron chi connectivity index (χ4n) is 1.93. The highest BCUT2D eigenvalue weighted by atomic mass is 35.5. The molecule has 2 rings (SSSR count). The number of carbonyl (C=O) groups excluding carboxylic acids is 2. The van der Waals surface area contributed by atoms with Crippen LogP contribution in [0.5, 0.6) is 5.75 Å². The van der Waals surface area contributed by atoms with E-state index in [2.05, 4.69) is 15.8 Å². The van der Waals surface area contributed by atoms with Crippen LogP contribution in [0.4, 0.5) is 5.69 Å². The molecule has 2 aromatic carbocycles. The summed E-state index contributed by atoms with van der Waals surface area (Å²) in [5, 5.41) is 16.9. The Morgan fingerprint density at radius 3 is 2.56 bits per heavy atom. The van der Waals surface area contributed by atoms with Crippen LogP contribution >= 0.6 is 23.2 Å². The smallest absolute Gasteiger partial charge is 0.275 e. The monoisotopic (exact) mass is 379 g/mol. The normalized spacial score (nSPS) is 11.1. The molecular formula is C17H15Cl2N3O3. The van der Waals surface area contributed by atoms with Gasteiger partial charge in [-0.05, 0) is 37.3 Å². The van der Waals surface area contributed by atoms with E-state index in [9.17, 15) is 14.7 Å². The molecule has 0 aliphatic rings. The summed E-state index contributed by atoms with van der Waals surface area (Å²) >= 11 is 11.8. The molecule has 25 heavy (non-hydrogen) atoms. The molecule has 0 atom stereocenters. The molecule has 8 heteroatoms. The first kappa shape index (κ1) is 18.8. The molecular weight excluding hydrogens is 365 g/mol. The van der Waals surface area contributed by atoms with Crippen LogP contribution in [0.15, 0.2) is 47.6 Å². The number of amides is 2. The summed E-state index contributed by atoms with van der Waals surface area (Å²) < 4.78 is 0. The number of nitrogens with one attached hydrogen (secondary N) is 2. The molecule has 0 fully saturated rings. The Morgan fingerprint density at radius 1 is 1.16 bits per heavy atom. The minimum atomic E-state index is -0.571. The van der Waals surface area contributed by atoms with Crippen LogP contribution in [0.1, 0.15) is 23.7 Å².